The van der Waals surface area contributed by atoms with Crippen LogP contribution in [0.1, 0.15) is 70.4 Å². The Morgan fingerprint density at radius 2 is 1.74 bits per heavy atom. The number of aromatic nitrogens is 4. The highest BCUT2D eigenvalue weighted by atomic mass is 16.5. The molecule has 0 atom stereocenters. The molecule has 1 saturated heterocycles. The SMILES string of the molecule is CCCCNc1ncc2c(n1)n(C1CCN(c3ccc(OC)cc3)CC1)c(=O)n2C1CCCC1. The Kier molecular flexibility index (Phi) is 6.74. The topological polar surface area (TPSA) is 77.2 Å². The summed E-state index contributed by atoms with van der Waals surface area (Å²) in [5.74, 6) is 1.49. The van der Waals surface area contributed by atoms with Gasteiger partial charge in [0, 0.05) is 37.4 Å². The molecule has 1 N–H and O–H groups in total. The lowest BCUT2D eigenvalue weighted by Gasteiger charge is -2.34. The Morgan fingerprint density at radius 1 is 1.03 bits per heavy atom. The van der Waals surface area contributed by atoms with Crippen LogP contribution in [0, 0.1) is 0 Å². The first kappa shape index (κ1) is 22.7. The van der Waals surface area contributed by atoms with E-state index < -0.39 is 0 Å². The summed E-state index contributed by atoms with van der Waals surface area (Å²) in [5, 5.41) is 3.34. The molecule has 0 unspecified atom stereocenters. The molecular formula is C26H36N6O2. The third kappa shape index (κ3) is 4.38. The standard InChI is InChI=1S/C26H36N6O2/c1-3-4-15-27-25-28-18-23-24(29-25)32(26(33)31(23)20-7-5-6-8-20)21-13-16-30(17-14-21)19-9-11-22(34-2)12-10-19/h9-12,18,20-21H,3-8,13-17H2,1-2H3,(H,27,28,29). The maximum Gasteiger partial charge on any atom is 0.330 e. The van der Waals surface area contributed by atoms with E-state index >= 15 is 0 Å². The van der Waals surface area contributed by atoms with E-state index in [9.17, 15) is 4.79 Å². The van der Waals surface area contributed by atoms with Crippen molar-refractivity contribution < 1.29 is 4.74 Å². The quantitative estimate of drug-likeness (QED) is 0.484. The molecule has 2 aliphatic rings. The van der Waals surface area contributed by atoms with Crippen molar-refractivity contribution in [3.63, 3.8) is 0 Å². The summed E-state index contributed by atoms with van der Waals surface area (Å²) in [5.41, 5.74) is 2.96. The fourth-order valence-corrected chi connectivity index (χ4v) is 5.51. The van der Waals surface area contributed by atoms with Gasteiger partial charge in [-0.2, -0.15) is 4.98 Å². The number of methoxy groups -OCH3 is 1. The highest BCUT2D eigenvalue weighted by Gasteiger charge is 2.30. The second-order valence-electron chi connectivity index (χ2n) is 9.56. The zero-order chi connectivity index (χ0) is 23.5. The van der Waals surface area contributed by atoms with Gasteiger partial charge in [0.2, 0.25) is 5.95 Å². The lowest BCUT2D eigenvalue weighted by Crippen LogP contribution is -2.38. The average Bonchev–Trinajstić information content (AvgIpc) is 3.50. The number of benzene rings is 1. The molecule has 0 bridgehead atoms. The summed E-state index contributed by atoms with van der Waals surface area (Å²) >= 11 is 0. The van der Waals surface area contributed by atoms with Gasteiger partial charge in [0.15, 0.2) is 5.65 Å². The molecule has 2 fully saturated rings. The average molecular weight is 465 g/mol. The Hall–Kier alpha value is -3.03. The monoisotopic (exact) mass is 464 g/mol. The second-order valence-corrected chi connectivity index (χ2v) is 9.56. The van der Waals surface area contributed by atoms with Crippen molar-refractivity contribution in [3.05, 3.63) is 40.9 Å². The minimum Gasteiger partial charge on any atom is -0.497 e. The van der Waals surface area contributed by atoms with Crippen LogP contribution in [-0.4, -0.2) is 45.8 Å². The third-order valence-corrected chi connectivity index (χ3v) is 7.42. The van der Waals surface area contributed by atoms with Crippen LogP contribution >= 0.6 is 0 Å². The first-order valence-corrected chi connectivity index (χ1v) is 12.8. The van der Waals surface area contributed by atoms with Crippen molar-refractivity contribution >= 4 is 22.8 Å². The number of anilines is 2. The van der Waals surface area contributed by atoms with Crippen LogP contribution < -0.4 is 20.6 Å². The van der Waals surface area contributed by atoms with Gasteiger partial charge in [0.05, 0.1) is 13.3 Å². The fourth-order valence-electron chi connectivity index (χ4n) is 5.51. The second kappa shape index (κ2) is 10.1. The molecule has 182 valence electrons. The van der Waals surface area contributed by atoms with Gasteiger partial charge < -0.3 is 15.0 Å². The molecule has 1 saturated carbocycles. The molecular weight excluding hydrogens is 428 g/mol. The minimum atomic E-state index is 0.0878. The molecule has 3 aromatic rings. The third-order valence-electron chi connectivity index (χ3n) is 7.42. The summed E-state index contributed by atoms with van der Waals surface area (Å²) < 4.78 is 9.27. The van der Waals surface area contributed by atoms with Crippen LogP contribution in [0.2, 0.25) is 0 Å². The van der Waals surface area contributed by atoms with Gasteiger partial charge in [-0.05, 0) is 56.4 Å². The number of hydrogen-bond donors (Lipinski definition) is 1. The number of fused-ring (bicyclic) bond motifs is 1. The molecule has 0 radical (unpaired) electrons. The number of imidazole rings is 1. The van der Waals surface area contributed by atoms with Crippen LogP contribution in [0.5, 0.6) is 5.75 Å². The number of piperidine rings is 1. The highest BCUT2D eigenvalue weighted by Crippen LogP contribution is 2.33. The highest BCUT2D eigenvalue weighted by molar-refractivity contribution is 5.72. The molecule has 1 aliphatic heterocycles. The zero-order valence-corrected chi connectivity index (χ0v) is 20.4. The first-order valence-electron chi connectivity index (χ1n) is 12.8. The van der Waals surface area contributed by atoms with E-state index in [-0.39, 0.29) is 17.8 Å². The number of nitrogens with one attached hydrogen (secondary N) is 1. The molecule has 2 aromatic heterocycles. The molecule has 1 aromatic carbocycles. The Bertz CT molecular complexity index is 1150. The van der Waals surface area contributed by atoms with Crippen LogP contribution in [0.4, 0.5) is 11.6 Å². The summed E-state index contributed by atoms with van der Waals surface area (Å²) in [7, 11) is 1.69. The van der Waals surface area contributed by atoms with Crippen molar-refractivity contribution in [2.24, 2.45) is 0 Å². The molecule has 0 amide bonds. The number of hydrogen-bond acceptors (Lipinski definition) is 6. The smallest absolute Gasteiger partial charge is 0.330 e. The normalized spacial score (nSPS) is 17.5. The molecule has 3 heterocycles. The van der Waals surface area contributed by atoms with E-state index in [0.29, 0.717) is 5.95 Å². The molecule has 0 spiro atoms. The minimum absolute atomic E-state index is 0.0878. The molecule has 1 aliphatic carbocycles. The van der Waals surface area contributed by atoms with Gasteiger partial charge in [-0.3, -0.25) is 9.13 Å². The Labute approximate surface area is 201 Å². The van der Waals surface area contributed by atoms with Gasteiger partial charge >= 0.3 is 5.69 Å². The van der Waals surface area contributed by atoms with E-state index in [1.807, 2.05) is 27.5 Å². The van der Waals surface area contributed by atoms with E-state index in [1.165, 1.54) is 18.5 Å². The van der Waals surface area contributed by atoms with Crippen LogP contribution in [0.3, 0.4) is 0 Å². The first-order chi connectivity index (χ1) is 16.7. The maximum atomic E-state index is 13.8. The van der Waals surface area contributed by atoms with Crippen molar-refractivity contribution in [3.8, 4) is 5.75 Å². The number of unbranched alkanes of at least 4 members (excludes halogenated alkanes) is 1. The fraction of sp³-hybridized carbons (Fsp3) is 0.577. The van der Waals surface area contributed by atoms with E-state index in [1.54, 1.807) is 7.11 Å². The predicted octanol–water partition coefficient (Wildman–Crippen LogP) is 4.77. The van der Waals surface area contributed by atoms with Gasteiger partial charge in [-0.1, -0.05) is 26.2 Å². The number of rotatable bonds is 8. The largest absolute Gasteiger partial charge is 0.497 e. The van der Waals surface area contributed by atoms with Gasteiger partial charge in [-0.25, -0.2) is 9.78 Å². The van der Waals surface area contributed by atoms with Gasteiger partial charge in [0.1, 0.15) is 11.3 Å². The van der Waals surface area contributed by atoms with Crippen molar-refractivity contribution in [1.29, 1.82) is 0 Å². The van der Waals surface area contributed by atoms with Crippen LogP contribution in [0.15, 0.2) is 35.3 Å². The lowest BCUT2D eigenvalue weighted by atomic mass is 10.0. The predicted molar refractivity (Wildman–Crippen MR) is 136 cm³/mol. The van der Waals surface area contributed by atoms with E-state index in [4.69, 9.17) is 9.72 Å². The van der Waals surface area contributed by atoms with Crippen LogP contribution in [0.25, 0.3) is 11.2 Å². The Morgan fingerprint density at radius 3 is 2.41 bits per heavy atom. The molecule has 34 heavy (non-hydrogen) atoms. The molecule has 8 heteroatoms. The van der Waals surface area contributed by atoms with E-state index in [2.05, 4.69) is 34.3 Å². The lowest BCUT2D eigenvalue weighted by molar-refractivity contribution is 0.383. The van der Waals surface area contributed by atoms with Crippen molar-refractivity contribution in [2.75, 3.05) is 37.0 Å². The van der Waals surface area contributed by atoms with Gasteiger partial charge in [0.25, 0.3) is 0 Å². The summed E-state index contributed by atoms with van der Waals surface area (Å²) in [6, 6.07) is 8.64. The number of nitrogens with zero attached hydrogens (tertiary/aromatic N) is 5. The van der Waals surface area contributed by atoms with Crippen molar-refractivity contribution in [1.82, 2.24) is 19.1 Å². The van der Waals surface area contributed by atoms with Crippen molar-refractivity contribution in [2.45, 2.75) is 70.4 Å². The van der Waals surface area contributed by atoms with Gasteiger partial charge in [-0.15, -0.1) is 0 Å². The Balaban J connectivity index is 1.43. The summed E-state index contributed by atoms with van der Waals surface area (Å²) in [6.45, 7) is 4.83. The number of ether oxygens (including phenoxy) is 1. The molecule has 8 nitrogen and oxygen atoms in total. The molecule has 5 rings (SSSR count). The van der Waals surface area contributed by atoms with Crippen LogP contribution in [-0.2, 0) is 0 Å². The summed E-state index contributed by atoms with van der Waals surface area (Å²) in [4.78, 5) is 25.6. The summed E-state index contributed by atoms with van der Waals surface area (Å²) in [6.07, 6.45) is 10.4. The zero-order valence-electron chi connectivity index (χ0n) is 20.4. The maximum absolute atomic E-state index is 13.8. The van der Waals surface area contributed by atoms with E-state index in [0.717, 1.165) is 75.1 Å².